The molecule has 3 amide bonds. The maximum atomic E-state index is 12.6. The van der Waals surface area contributed by atoms with Crippen molar-refractivity contribution < 1.29 is 49.5 Å². The van der Waals surface area contributed by atoms with E-state index in [0.717, 1.165) is 12.1 Å². The van der Waals surface area contributed by atoms with E-state index >= 15 is 0 Å². The molecule has 2 atom stereocenters. The van der Waals surface area contributed by atoms with Crippen LogP contribution in [0.3, 0.4) is 0 Å². The number of phenols is 3. The number of nitrogens with two attached hydrogens (primary N) is 2. The number of phenolic OH excluding ortho intramolecular Hbond substituents is 3. The van der Waals surface area contributed by atoms with Gasteiger partial charge in [0.15, 0.2) is 23.2 Å². The summed E-state index contributed by atoms with van der Waals surface area (Å²) < 4.78 is 0. The maximum absolute atomic E-state index is 12.6. The Hall–Kier alpha value is -4.76. The number of carbonyl (C=O) groups is 5. The normalized spacial score (nSPS) is 12.0. The van der Waals surface area contributed by atoms with E-state index in [1.54, 1.807) is 0 Å². The Bertz CT molecular complexity index is 985. The van der Waals surface area contributed by atoms with E-state index in [2.05, 4.69) is 15.6 Å². The number of aliphatic imine (C=N–C) groups is 1. The van der Waals surface area contributed by atoms with Crippen molar-refractivity contribution in [3.63, 3.8) is 0 Å². The molecule has 0 saturated heterocycles. The SMILES string of the molecule is NC(N)=NCCC[C@H](NC(=O)c1cc(O)c(O)c(O)c1)C(=O)NCC(=O)N[C@@H](CC(=O)O)C(=O)O. The Morgan fingerprint density at radius 2 is 1.54 bits per heavy atom. The van der Waals surface area contributed by atoms with Gasteiger partial charge in [-0.3, -0.25) is 24.2 Å². The third-order valence-electron chi connectivity index (χ3n) is 4.33. The average Bonchev–Trinajstić information content (AvgIpc) is 2.76. The van der Waals surface area contributed by atoms with Crippen molar-refractivity contribution in [1.29, 1.82) is 0 Å². The molecule has 0 aliphatic heterocycles. The fourth-order valence-corrected chi connectivity index (χ4v) is 2.66. The van der Waals surface area contributed by atoms with E-state index in [4.69, 9.17) is 21.7 Å². The van der Waals surface area contributed by atoms with Gasteiger partial charge < -0.3 is 53.0 Å². The molecule has 1 aromatic carbocycles. The van der Waals surface area contributed by atoms with Gasteiger partial charge in [-0.1, -0.05) is 0 Å². The minimum atomic E-state index is -1.72. The maximum Gasteiger partial charge on any atom is 0.326 e. The summed E-state index contributed by atoms with van der Waals surface area (Å²) in [6.07, 6.45) is -0.707. The molecule has 0 aliphatic rings. The van der Waals surface area contributed by atoms with E-state index < -0.39 is 72.0 Å². The van der Waals surface area contributed by atoms with Crippen LogP contribution in [0.4, 0.5) is 0 Å². The zero-order valence-corrected chi connectivity index (χ0v) is 18.2. The zero-order valence-electron chi connectivity index (χ0n) is 18.2. The van der Waals surface area contributed by atoms with Crippen LogP contribution in [0.5, 0.6) is 17.2 Å². The lowest BCUT2D eigenvalue weighted by atomic mass is 10.1. The summed E-state index contributed by atoms with van der Waals surface area (Å²) >= 11 is 0. The van der Waals surface area contributed by atoms with Crippen molar-refractivity contribution in [3.8, 4) is 17.2 Å². The van der Waals surface area contributed by atoms with Crippen LogP contribution >= 0.6 is 0 Å². The molecule has 16 heteroatoms. The minimum absolute atomic E-state index is 0.0250. The third-order valence-corrected chi connectivity index (χ3v) is 4.33. The van der Waals surface area contributed by atoms with E-state index in [0.29, 0.717) is 0 Å². The minimum Gasteiger partial charge on any atom is -0.504 e. The molecule has 16 nitrogen and oxygen atoms in total. The Kier molecular flexibility index (Phi) is 10.6. The van der Waals surface area contributed by atoms with E-state index in [9.17, 15) is 39.3 Å². The summed E-state index contributed by atoms with van der Waals surface area (Å²) in [7, 11) is 0. The van der Waals surface area contributed by atoms with Gasteiger partial charge in [-0.25, -0.2) is 4.79 Å². The smallest absolute Gasteiger partial charge is 0.326 e. The molecule has 0 heterocycles. The number of hydrogen-bond acceptors (Lipinski definition) is 9. The molecule has 0 aromatic heterocycles. The van der Waals surface area contributed by atoms with Crippen LogP contribution in [0, 0.1) is 0 Å². The van der Waals surface area contributed by atoms with Crippen molar-refractivity contribution >= 4 is 35.6 Å². The largest absolute Gasteiger partial charge is 0.504 e. The predicted octanol–water partition coefficient (Wildman–Crippen LogP) is -2.88. The van der Waals surface area contributed by atoms with E-state index in [1.165, 1.54) is 0 Å². The fraction of sp³-hybridized carbons (Fsp3) is 0.368. The number of hydrogen-bond donors (Lipinski definition) is 10. The zero-order chi connectivity index (χ0) is 26.7. The van der Waals surface area contributed by atoms with Crippen molar-refractivity contribution in [2.75, 3.05) is 13.1 Å². The van der Waals surface area contributed by atoms with Gasteiger partial charge in [0.25, 0.3) is 5.91 Å². The third kappa shape index (κ3) is 9.72. The summed E-state index contributed by atoms with van der Waals surface area (Å²) in [5.41, 5.74) is 10.2. The number of aromatic hydroxyl groups is 3. The summed E-state index contributed by atoms with van der Waals surface area (Å²) in [5, 5.41) is 52.7. The van der Waals surface area contributed by atoms with Gasteiger partial charge in [0.05, 0.1) is 13.0 Å². The number of nitrogens with one attached hydrogen (secondary N) is 3. The number of aliphatic carboxylic acids is 2. The second kappa shape index (κ2) is 13.1. The lowest BCUT2D eigenvalue weighted by Gasteiger charge is -2.19. The van der Waals surface area contributed by atoms with Crippen LogP contribution in [0.1, 0.15) is 29.6 Å². The van der Waals surface area contributed by atoms with Crippen molar-refractivity contribution in [2.45, 2.75) is 31.3 Å². The highest BCUT2D eigenvalue weighted by molar-refractivity contribution is 5.99. The van der Waals surface area contributed by atoms with E-state index in [-0.39, 0.29) is 30.9 Å². The number of rotatable bonds is 13. The molecule has 0 aliphatic carbocycles. The number of carboxylic acids is 2. The van der Waals surface area contributed by atoms with E-state index in [1.807, 2.05) is 5.32 Å². The number of carbonyl (C=O) groups excluding carboxylic acids is 3. The van der Waals surface area contributed by atoms with Gasteiger partial charge in [-0.2, -0.15) is 0 Å². The number of guanidine groups is 1. The quantitative estimate of drug-likeness (QED) is 0.0567. The van der Waals surface area contributed by atoms with Gasteiger partial charge in [-0.05, 0) is 25.0 Å². The lowest BCUT2D eigenvalue weighted by molar-refractivity contribution is -0.147. The first-order chi connectivity index (χ1) is 16.3. The van der Waals surface area contributed by atoms with Gasteiger partial charge in [0.2, 0.25) is 11.8 Å². The van der Waals surface area contributed by atoms with Gasteiger partial charge in [0, 0.05) is 12.1 Å². The molecule has 0 spiro atoms. The lowest BCUT2D eigenvalue weighted by Crippen LogP contribution is -2.51. The van der Waals surface area contributed by atoms with Gasteiger partial charge >= 0.3 is 11.9 Å². The molecule has 0 fully saturated rings. The Morgan fingerprint density at radius 3 is 2.06 bits per heavy atom. The first kappa shape index (κ1) is 28.3. The highest BCUT2D eigenvalue weighted by atomic mass is 16.4. The van der Waals surface area contributed by atoms with Crippen LogP contribution in [0.2, 0.25) is 0 Å². The number of amides is 3. The molecule has 0 saturated carbocycles. The topological polar surface area (TPSA) is 287 Å². The molecule has 1 rings (SSSR count). The monoisotopic (exact) mass is 498 g/mol. The number of carboxylic acid groups (broad SMARTS) is 2. The number of nitrogens with zero attached hydrogens (tertiary/aromatic N) is 1. The Labute approximate surface area is 197 Å². The molecule has 35 heavy (non-hydrogen) atoms. The average molecular weight is 498 g/mol. The predicted molar refractivity (Wildman–Crippen MR) is 117 cm³/mol. The van der Waals surface area contributed by atoms with Crippen LogP contribution in [-0.4, -0.2) is 86.3 Å². The molecule has 0 unspecified atom stereocenters. The fourth-order valence-electron chi connectivity index (χ4n) is 2.66. The standard InChI is InChI=1S/C19H26N6O10/c20-19(21)22-3-1-2-9(25-16(32)8-4-11(26)15(31)12(27)5-8)17(33)23-7-13(28)24-10(18(34)35)6-14(29)30/h4-5,9-10,26-27,31H,1-3,6-7H2,(H,23,33)(H,24,28)(H,25,32)(H,29,30)(H,34,35)(H4,20,21,22)/t9-,10-/m0/s1. The molecule has 0 radical (unpaired) electrons. The molecular formula is C19H26N6O10. The van der Waals surface area contributed by atoms with Crippen LogP contribution in [0.15, 0.2) is 17.1 Å². The first-order valence-corrected chi connectivity index (χ1v) is 9.94. The van der Waals surface area contributed by atoms with Crippen molar-refractivity contribution in [1.82, 2.24) is 16.0 Å². The van der Waals surface area contributed by atoms with Crippen molar-refractivity contribution in [2.24, 2.45) is 16.5 Å². The summed E-state index contributed by atoms with van der Waals surface area (Å²) in [6.45, 7) is -0.637. The summed E-state index contributed by atoms with van der Waals surface area (Å²) in [5.74, 6) is -8.44. The van der Waals surface area contributed by atoms with Crippen molar-refractivity contribution in [3.05, 3.63) is 17.7 Å². The Morgan fingerprint density at radius 1 is 0.943 bits per heavy atom. The highest BCUT2D eigenvalue weighted by Crippen LogP contribution is 2.35. The Balaban J connectivity index is 2.88. The summed E-state index contributed by atoms with van der Waals surface area (Å²) in [4.78, 5) is 62.5. The number of benzene rings is 1. The molecular weight excluding hydrogens is 472 g/mol. The van der Waals surface area contributed by atoms with Crippen LogP contribution in [-0.2, 0) is 19.2 Å². The van der Waals surface area contributed by atoms with Gasteiger partial charge in [0.1, 0.15) is 12.1 Å². The molecule has 12 N–H and O–H groups in total. The van der Waals surface area contributed by atoms with Crippen LogP contribution in [0.25, 0.3) is 0 Å². The first-order valence-electron chi connectivity index (χ1n) is 9.94. The molecule has 1 aromatic rings. The second-order valence-corrected chi connectivity index (χ2v) is 7.11. The van der Waals surface area contributed by atoms with Crippen LogP contribution < -0.4 is 27.4 Å². The molecule has 0 bridgehead atoms. The summed E-state index contributed by atoms with van der Waals surface area (Å²) in [6, 6.07) is -1.29. The highest BCUT2D eigenvalue weighted by Gasteiger charge is 2.25. The van der Waals surface area contributed by atoms with Gasteiger partial charge in [-0.15, -0.1) is 0 Å². The second-order valence-electron chi connectivity index (χ2n) is 7.11. The molecule has 192 valence electrons.